The summed E-state index contributed by atoms with van der Waals surface area (Å²) in [5.41, 5.74) is 10.9. The molecule has 3 heterocycles. The maximum atomic E-state index is 5.26. The number of imidazole rings is 1. The Morgan fingerprint density at radius 3 is 2.08 bits per heavy atom. The molecule has 6 heteroatoms. The minimum atomic E-state index is 0.580. The van der Waals surface area contributed by atoms with Crippen LogP contribution in [0.25, 0.3) is 83.3 Å². The first-order valence-corrected chi connectivity index (χ1v) is 16.6. The fourth-order valence-corrected chi connectivity index (χ4v) is 6.47. The molecule has 6 nitrogen and oxygen atoms in total. The highest BCUT2D eigenvalue weighted by atomic mass is 15.0. The van der Waals surface area contributed by atoms with Crippen molar-refractivity contribution in [3.05, 3.63) is 184 Å². The summed E-state index contributed by atoms with van der Waals surface area (Å²) >= 11 is 0. The van der Waals surface area contributed by atoms with Crippen LogP contribution in [0.2, 0.25) is 0 Å². The summed E-state index contributed by atoms with van der Waals surface area (Å²) in [6.07, 6.45) is 10.5. The number of nitrogens with zero attached hydrogens (tertiary/aromatic N) is 6. The highest BCUT2D eigenvalue weighted by molar-refractivity contribution is 6.13. The highest BCUT2D eigenvalue weighted by Crippen LogP contribution is 2.38. The Balaban J connectivity index is 0.000000890. The molecule has 6 aromatic carbocycles. The monoisotopic (exact) mass is 656 g/mol. The van der Waals surface area contributed by atoms with Crippen molar-refractivity contribution in [1.29, 1.82) is 0 Å². The van der Waals surface area contributed by atoms with Crippen molar-refractivity contribution in [2.24, 2.45) is 0 Å². The van der Waals surface area contributed by atoms with Crippen molar-refractivity contribution in [3.63, 3.8) is 0 Å². The number of benzene rings is 6. The summed E-state index contributed by atoms with van der Waals surface area (Å²) in [4.78, 5) is 24.0. The van der Waals surface area contributed by atoms with Gasteiger partial charge in [0, 0.05) is 34.4 Å². The number of allylic oxidation sites excluding steroid dienone is 2. The lowest BCUT2D eigenvalue weighted by Gasteiger charge is -2.14. The Morgan fingerprint density at radius 1 is 0.549 bits per heavy atom. The molecule has 0 aliphatic rings. The predicted molar refractivity (Wildman–Crippen MR) is 209 cm³/mol. The van der Waals surface area contributed by atoms with Gasteiger partial charge in [-0.25, -0.2) is 24.9 Å². The Morgan fingerprint density at radius 2 is 1.27 bits per heavy atom. The Bertz CT molecular complexity index is 2670. The molecule has 0 saturated heterocycles. The van der Waals surface area contributed by atoms with Gasteiger partial charge in [0.15, 0.2) is 5.82 Å². The van der Waals surface area contributed by atoms with Gasteiger partial charge in [0.1, 0.15) is 12.7 Å². The molecule has 3 aromatic heterocycles. The third-order valence-electron chi connectivity index (χ3n) is 8.87. The largest absolute Gasteiger partial charge is 0.299 e. The van der Waals surface area contributed by atoms with E-state index in [0.29, 0.717) is 5.82 Å². The molecular weight excluding hydrogens is 625 g/mol. The van der Waals surface area contributed by atoms with Crippen molar-refractivity contribution in [2.45, 2.75) is 0 Å². The van der Waals surface area contributed by atoms with Crippen LogP contribution in [0.4, 0.5) is 0 Å². The molecule has 9 rings (SSSR count). The van der Waals surface area contributed by atoms with Gasteiger partial charge >= 0.3 is 0 Å². The van der Waals surface area contributed by atoms with Crippen LogP contribution in [0.15, 0.2) is 184 Å². The fourth-order valence-electron chi connectivity index (χ4n) is 6.47. The average Bonchev–Trinajstić information content (AvgIpc) is 3.64. The van der Waals surface area contributed by atoms with Gasteiger partial charge in [0.05, 0.1) is 27.8 Å². The second kappa shape index (κ2) is 13.8. The molecule has 0 N–H and O–H groups in total. The summed E-state index contributed by atoms with van der Waals surface area (Å²) in [5, 5.41) is 3.14. The smallest absolute Gasteiger partial charge is 0.163 e. The van der Waals surface area contributed by atoms with Gasteiger partial charge in [-0.2, -0.15) is 0 Å². The minimum Gasteiger partial charge on any atom is -0.299 e. The van der Waals surface area contributed by atoms with Gasteiger partial charge in [0.25, 0.3) is 0 Å². The van der Waals surface area contributed by atoms with Crippen molar-refractivity contribution in [2.75, 3.05) is 0 Å². The maximum Gasteiger partial charge on any atom is 0.163 e. The van der Waals surface area contributed by atoms with Gasteiger partial charge in [-0.1, -0.05) is 135 Å². The van der Waals surface area contributed by atoms with Gasteiger partial charge in [-0.15, -0.1) is 0 Å². The van der Waals surface area contributed by atoms with E-state index in [0.717, 1.165) is 77.5 Å². The quantitative estimate of drug-likeness (QED) is 0.132. The van der Waals surface area contributed by atoms with E-state index >= 15 is 0 Å². The third-order valence-corrected chi connectivity index (χ3v) is 8.87. The molecule has 0 saturated carbocycles. The van der Waals surface area contributed by atoms with Crippen LogP contribution in [0.1, 0.15) is 0 Å². The van der Waals surface area contributed by atoms with Crippen molar-refractivity contribution >= 4 is 32.7 Å². The Kier molecular flexibility index (Phi) is 8.46. The lowest BCUT2D eigenvalue weighted by molar-refractivity contribution is 1.09. The van der Waals surface area contributed by atoms with Crippen LogP contribution in [0, 0.1) is 0 Å². The van der Waals surface area contributed by atoms with Gasteiger partial charge in [-0.3, -0.25) is 4.57 Å². The van der Waals surface area contributed by atoms with E-state index in [1.807, 2.05) is 49.1 Å². The zero-order valence-corrected chi connectivity index (χ0v) is 27.8. The van der Waals surface area contributed by atoms with Crippen molar-refractivity contribution in [1.82, 2.24) is 29.5 Å². The number of para-hydroxylation sites is 1. The SMILES string of the molecule is C=CC=C.c1ccc(-c2ccccc2-c2ncncc2-c2ncc3ccc4cccc(-c5ccc6ncn(-c7ccccc7)c6c5)c4c3n2)cc1. The van der Waals surface area contributed by atoms with Crippen LogP contribution >= 0.6 is 0 Å². The van der Waals surface area contributed by atoms with Crippen LogP contribution in [-0.4, -0.2) is 29.5 Å². The fraction of sp³-hybridized carbons (Fsp3) is 0. The summed E-state index contributed by atoms with van der Waals surface area (Å²) in [6.45, 7) is 6.72. The van der Waals surface area contributed by atoms with Crippen LogP contribution < -0.4 is 0 Å². The van der Waals surface area contributed by atoms with Crippen LogP contribution in [-0.2, 0) is 0 Å². The number of hydrogen-bond donors (Lipinski definition) is 0. The average molecular weight is 657 g/mol. The number of hydrogen-bond acceptors (Lipinski definition) is 5. The molecule has 0 unspecified atom stereocenters. The summed E-state index contributed by atoms with van der Waals surface area (Å²) in [7, 11) is 0. The predicted octanol–water partition coefficient (Wildman–Crippen LogP) is 10.9. The van der Waals surface area contributed by atoms with Crippen LogP contribution in [0.3, 0.4) is 0 Å². The van der Waals surface area contributed by atoms with E-state index in [2.05, 4.69) is 131 Å². The molecule has 0 spiro atoms. The van der Waals surface area contributed by atoms with E-state index in [4.69, 9.17) is 15.0 Å². The molecule has 9 aromatic rings. The van der Waals surface area contributed by atoms with E-state index in [-0.39, 0.29) is 0 Å². The van der Waals surface area contributed by atoms with E-state index in [1.54, 1.807) is 18.5 Å². The Hall–Kier alpha value is -7.05. The lowest BCUT2D eigenvalue weighted by atomic mass is 9.95. The number of rotatable bonds is 6. The summed E-state index contributed by atoms with van der Waals surface area (Å²) < 4.78 is 2.13. The zero-order chi connectivity index (χ0) is 34.6. The first kappa shape index (κ1) is 31.2. The number of fused-ring (bicyclic) bond motifs is 4. The normalized spacial score (nSPS) is 10.9. The van der Waals surface area contributed by atoms with Gasteiger partial charge in [-0.05, 0) is 51.9 Å². The molecule has 0 radical (unpaired) electrons. The lowest BCUT2D eigenvalue weighted by Crippen LogP contribution is -1.98. The van der Waals surface area contributed by atoms with E-state index in [9.17, 15) is 0 Å². The first-order valence-electron chi connectivity index (χ1n) is 16.6. The molecule has 0 atom stereocenters. The maximum absolute atomic E-state index is 5.26. The molecular formula is C45H32N6. The molecule has 0 aliphatic heterocycles. The van der Waals surface area contributed by atoms with Gasteiger partial charge in [0.2, 0.25) is 0 Å². The second-order valence-corrected chi connectivity index (χ2v) is 11.9. The molecule has 0 aliphatic carbocycles. The molecule has 0 fully saturated rings. The highest BCUT2D eigenvalue weighted by Gasteiger charge is 2.18. The molecule has 242 valence electrons. The molecule has 51 heavy (non-hydrogen) atoms. The standard InChI is InChI=1S/C41H26N6.C4H6/c1-3-10-27(11-4-1)32-15-7-8-16-34(32)40-35(24-42-25-44-40)41-43-23-30-19-18-28-12-9-17-33(38(28)39(30)46-41)29-20-21-36-37(22-29)47(26-45-36)31-13-5-2-6-14-31;1-3-4-2/h1-26H;3-4H,1-2H2. The Labute approximate surface area is 295 Å². The number of aromatic nitrogens is 6. The van der Waals surface area contributed by atoms with Crippen molar-refractivity contribution < 1.29 is 0 Å². The first-order chi connectivity index (χ1) is 25.2. The van der Waals surface area contributed by atoms with Gasteiger partial charge < -0.3 is 0 Å². The summed E-state index contributed by atoms with van der Waals surface area (Å²) in [6, 6.07) is 46.1. The molecule has 0 amide bonds. The van der Waals surface area contributed by atoms with Crippen LogP contribution in [0.5, 0.6) is 0 Å². The topological polar surface area (TPSA) is 69.4 Å². The van der Waals surface area contributed by atoms with E-state index in [1.165, 1.54) is 0 Å². The second-order valence-electron chi connectivity index (χ2n) is 11.9. The third kappa shape index (κ3) is 5.96. The zero-order valence-electron chi connectivity index (χ0n) is 27.8. The van der Waals surface area contributed by atoms with Crippen molar-refractivity contribution in [3.8, 4) is 50.6 Å². The van der Waals surface area contributed by atoms with E-state index < -0.39 is 0 Å². The minimum absolute atomic E-state index is 0.580. The summed E-state index contributed by atoms with van der Waals surface area (Å²) in [5.74, 6) is 0.580. The molecule has 0 bridgehead atoms.